The lowest BCUT2D eigenvalue weighted by molar-refractivity contribution is 0.600. The predicted octanol–water partition coefficient (Wildman–Crippen LogP) is 3.08. The summed E-state index contributed by atoms with van der Waals surface area (Å²) in [6.45, 7) is 1.62. The quantitative estimate of drug-likeness (QED) is 0.846. The molecule has 0 saturated carbocycles. The topological polar surface area (TPSA) is 85.1 Å². The molecule has 0 radical (unpaired) electrons. The number of nitrogens with zero attached hydrogens (tertiary/aromatic N) is 1. The predicted molar refractivity (Wildman–Crippen MR) is 80.7 cm³/mol. The number of nitrogen functional groups attached to an aromatic ring is 1. The molecule has 1 aromatic carbocycles. The molecule has 106 valence electrons. The van der Waals surface area contributed by atoms with E-state index in [1.54, 1.807) is 13.0 Å². The third-order valence-electron chi connectivity index (χ3n) is 2.57. The second-order valence-electron chi connectivity index (χ2n) is 4.08. The number of sulfonamides is 1. The average Bonchev–Trinajstić information content (AvgIpc) is 2.36. The van der Waals surface area contributed by atoms with Gasteiger partial charge in [-0.25, -0.2) is 13.4 Å². The van der Waals surface area contributed by atoms with E-state index in [0.717, 1.165) is 0 Å². The number of anilines is 2. The van der Waals surface area contributed by atoms with Crippen LogP contribution in [0.5, 0.6) is 0 Å². The molecule has 0 amide bonds. The molecule has 2 aromatic rings. The zero-order valence-electron chi connectivity index (χ0n) is 10.4. The van der Waals surface area contributed by atoms with E-state index in [1.807, 2.05) is 0 Å². The van der Waals surface area contributed by atoms with Gasteiger partial charge >= 0.3 is 0 Å². The van der Waals surface area contributed by atoms with Crippen LogP contribution in [0.25, 0.3) is 0 Å². The molecule has 8 heteroatoms. The number of benzene rings is 1. The van der Waals surface area contributed by atoms with E-state index in [1.165, 1.54) is 24.4 Å². The lowest BCUT2D eigenvalue weighted by Gasteiger charge is -2.12. The van der Waals surface area contributed by atoms with Gasteiger partial charge in [-0.2, -0.15) is 0 Å². The van der Waals surface area contributed by atoms with Crippen molar-refractivity contribution in [2.75, 3.05) is 10.5 Å². The molecule has 5 nitrogen and oxygen atoms in total. The SMILES string of the molecule is Cc1cc(Cl)c(N)cc1S(=O)(=O)Nc1ncccc1Cl. The number of nitrogens with two attached hydrogens (primary N) is 1. The fourth-order valence-corrected chi connectivity index (χ4v) is 3.34. The fourth-order valence-electron chi connectivity index (χ4n) is 1.60. The first-order valence-electron chi connectivity index (χ1n) is 5.50. The van der Waals surface area contributed by atoms with Crippen molar-refractivity contribution in [1.29, 1.82) is 0 Å². The van der Waals surface area contributed by atoms with Crippen LogP contribution in [0.2, 0.25) is 10.0 Å². The summed E-state index contributed by atoms with van der Waals surface area (Å²) in [5, 5.41) is 0.507. The standard InChI is InChI=1S/C12H11Cl2N3O2S/c1-7-5-9(14)10(15)6-11(7)20(18,19)17-12-8(13)3-2-4-16-12/h2-6H,15H2,1H3,(H,16,17). The van der Waals surface area contributed by atoms with Crippen LogP contribution in [0.3, 0.4) is 0 Å². The molecule has 0 aliphatic heterocycles. The smallest absolute Gasteiger partial charge is 0.263 e. The van der Waals surface area contributed by atoms with E-state index in [2.05, 4.69) is 9.71 Å². The van der Waals surface area contributed by atoms with Crippen LogP contribution in [0.15, 0.2) is 35.4 Å². The van der Waals surface area contributed by atoms with Gasteiger partial charge in [0.05, 0.1) is 20.6 Å². The molecule has 0 unspecified atom stereocenters. The molecule has 3 N–H and O–H groups in total. The Hall–Kier alpha value is -1.50. The van der Waals surface area contributed by atoms with Crippen molar-refractivity contribution < 1.29 is 8.42 Å². The maximum absolute atomic E-state index is 12.3. The van der Waals surface area contributed by atoms with Gasteiger partial charge in [-0.15, -0.1) is 0 Å². The molecule has 0 bridgehead atoms. The molecular formula is C12H11Cl2N3O2S. The van der Waals surface area contributed by atoms with Crippen LogP contribution in [0, 0.1) is 6.92 Å². The summed E-state index contributed by atoms with van der Waals surface area (Å²) in [6, 6.07) is 5.93. The van der Waals surface area contributed by atoms with Crippen LogP contribution in [-0.2, 0) is 10.0 Å². The minimum Gasteiger partial charge on any atom is -0.397 e. The van der Waals surface area contributed by atoms with Crippen LogP contribution in [0.1, 0.15) is 5.56 Å². The Morgan fingerprint density at radius 3 is 2.60 bits per heavy atom. The van der Waals surface area contributed by atoms with Gasteiger partial charge in [0.2, 0.25) is 0 Å². The second kappa shape index (κ2) is 5.47. The van der Waals surface area contributed by atoms with Crippen LogP contribution < -0.4 is 10.5 Å². The van der Waals surface area contributed by atoms with Crippen molar-refractivity contribution in [1.82, 2.24) is 4.98 Å². The number of hydrogen-bond acceptors (Lipinski definition) is 4. The number of aromatic nitrogens is 1. The summed E-state index contributed by atoms with van der Waals surface area (Å²) in [4.78, 5) is 3.91. The Labute approximate surface area is 126 Å². The Balaban J connectivity index is 2.47. The van der Waals surface area contributed by atoms with Gasteiger partial charge in [0.25, 0.3) is 10.0 Å². The summed E-state index contributed by atoms with van der Waals surface area (Å²) in [5.74, 6) is 0.0575. The van der Waals surface area contributed by atoms with Crippen molar-refractivity contribution in [3.05, 3.63) is 46.1 Å². The van der Waals surface area contributed by atoms with E-state index < -0.39 is 10.0 Å². The van der Waals surface area contributed by atoms with Gasteiger partial charge in [-0.3, -0.25) is 4.72 Å². The van der Waals surface area contributed by atoms with E-state index in [4.69, 9.17) is 28.9 Å². The zero-order valence-corrected chi connectivity index (χ0v) is 12.7. The van der Waals surface area contributed by atoms with E-state index in [9.17, 15) is 8.42 Å². The van der Waals surface area contributed by atoms with Gasteiger partial charge in [0.1, 0.15) is 0 Å². The average molecular weight is 332 g/mol. The summed E-state index contributed by atoms with van der Waals surface area (Å²) in [6.07, 6.45) is 1.44. The van der Waals surface area contributed by atoms with E-state index in [-0.39, 0.29) is 21.4 Å². The lowest BCUT2D eigenvalue weighted by Crippen LogP contribution is -2.15. The number of nitrogens with one attached hydrogen (secondary N) is 1. The Morgan fingerprint density at radius 1 is 1.25 bits per heavy atom. The minimum absolute atomic E-state index is 0.0288. The van der Waals surface area contributed by atoms with E-state index >= 15 is 0 Å². The van der Waals surface area contributed by atoms with Crippen molar-refractivity contribution in [2.45, 2.75) is 11.8 Å². The molecule has 20 heavy (non-hydrogen) atoms. The maximum atomic E-state index is 12.3. The molecule has 0 saturated heterocycles. The first-order valence-corrected chi connectivity index (χ1v) is 7.74. The summed E-state index contributed by atoms with van der Waals surface area (Å²) >= 11 is 11.7. The lowest BCUT2D eigenvalue weighted by atomic mass is 10.2. The fraction of sp³-hybridized carbons (Fsp3) is 0.0833. The zero-order chi connectivity index (χ0) is 14.9. The maximum Gasteiger partial charge on any atom is 0.263 e. The number of pyridine rings is 1. The molecule has 0 aliphatic rings. The molecule has 1 aromatic heterocycles. The Kier molecular flexibility index (Phi) is 4.08. The van der Waals surface area contributed by atoms with Gasteiger partial charge < -0.3 is 5.73 Å². The molecule has 0 atom stereocenters. The first kappa shape index (κ1) is 14.9. The monoisotopic (exact) mass is 331 g/mol. The van der Waals surface area contributed by atoms with E-state index in [0.29, 0.717) is 10.6 Å². The molecule has 0 aliphatic carbocycles. The van der Waals surface area contributed by atoms with Crippen LogP contribution in [-0.4, -0.2) is 13.4 Å². The third-order valence-corrected chi connectivity index (χ3v) is 4.69. The number of aryl methyl sites for hydroxylation is 1. The highest BCUT2D eigenvalue weighted by Crippen LogP contribution is 2.28. The second-order valence-corrected chi connectivity index (χ2v) is 6.54. The third kappa shape index (κ3) is 2.98. The van der Waals surface area contributed by atoms with Gasteiger partial charge in [0, 0.05) is 6.20 Å². The molecule has 1 heterocycles. The molecule has 0 fully saturated rings. The van der Waals surface area contributed by atoms with Crippen molar-refractivity contribution in [2.24, 2.45) is 0 Å². The molecule has 2 rings (SSSR count). The molecular weight excluding hydrogens is 321 g/mol. The first-order chi connectivity index (χ1) is 9.31. The van der Waals surface area contributed by atoms with Crippen molar-refractivity contribution in [3.8, 4) is 0 Å². The van der Waals surface area contributed by atoms with Crippen LogP contribution in [0.4, 0.5) is 11.5 Å². The highest BCUT2D eigenvalue weighted by atomic mass is 35.5. The number of rotatable bonds is 3. The van der Waals surface area contributed by atoms with Crippen molar-refractivity contribution in [3.63, 3.8) is 0 Å². The normalized spacial score (nSPS) is 11.3. The summed E-state index contributed by atoms with van der Waals surface area (Å²) in [5.41, 5.74) is 6.30. The number of hydrogen-bond donors (Lipinski definition) is 2. The largest absolute Gasteiger partial charge is 0.397 e. The summed E-state index contributed by atoms with van der Waals surface area (Å²) in [7, 11) is -3.84. The van der Waals surface area contributed by atoms with Crippen LogP contribution >= 0.6 is 23.2 Å². The van der Waals surface area contributed by atoms with Crippen molar-refractivity contribution >= 4 is 44.7 Å². The summed E-state index contributed by atoms with van der Waals surface area (Å²) < 4.78 is 27.0. The van der Waals surface area contributed by atoms with Gasteiger partial charge in [0.15, 0.2) is 5.82 Å². The molecule has 0 spiro atoms. The highest BCUT2D eigenvalue weighted by Gasteiger charge is 2.20. The Bertz CT molecular complexity index is 763. The van der Waals surface area contributed by atoms with Gasteiger partial charge in [-0.1, -0.05) is 23.2 Å². The number of halogens is 2. The minimum atomic E-state index is -3.84. The van der Waals surface area contributed by atoms with Gasteiger partial charge in [-0.05, 0) is 36.8 Å². The highest BCUT2D eigenvalue weighted by molar-refractivity contribution is 7.92. The Morgan fingerprint density at radius 2 is 1.95 bits per heavy atom.